The maximum Gasteiger partial charge on any atom is 0.116 e. The fourth-order valence-electron chi connectivity index (χ4n) is 2.38. The molecule has 1 aromatic carbocycles. The molecule has 1 fully saturated rings. The third-order valence-corrected chi connectivity index (χ3v) is 3.35. The van der Waals surface area contributed by atoms with E-state index in [9.17, 15) is 5.11 Å². The van der Waals surface area contributed by atoms with Gasteiger partial charge in [-0.2, -0.15) is 0 Å². The largest absolute Gasteiger partial charge is 0.508 e. The predicted molar refractivity (Wildman–Crippen MR) is 71.0 cm³/mol. The Kier molecular flexibility index (Phi) is 2.80. The quantitative estimate of drug-likeness (QED) is 0.835. The van der Waals surface area contributed by atoms with Crippen molar-refractivity contribution < 1.29 is 9.84 Å². The number of nitrogens with zero attached hydrogens (tertiary/aromatic N) is 2. The van der Waals surface area contributed by atoms with Gasteiger partial charge in [0, 0.05) is 18.0 Å². The van der Waals surface area contributed by atoms with Gasteiger partial charge in [0.1, 0.15) is 5.75 Å². The fraction of sp³-hybridized carbons (Fsp3) is 0.357. The molecule has 1 saturated heterocycles. The Labute approximate surface area is 106 Å². The summed E-state index contributed by atoms with van der Waals surface area (Å²) < 4.78 is 5.44. The molecule has 1 aliphatic rings. The second kappa shape index (κ2) is 4.46. The van der Waals surface area contributed by atoms with Crippen LogP contribution in [0.1, 0.15) is 6.92 Å². The molecular weight excluding hydrogens is 228 g/mol. The Morgan fingerprint density at radius 3 is 3.11 bits per heavy atom. The first-order chi connectivity index (χ1) is 8.74. The first-order valence-electron chi connectivity index (χ1n) is 6.17. The second-order valence-corrected chi connectivity index (χ2v) is 4.69. The minimum atomic E-state index is 0.275. The van der Waals surface area contributed by atoms with Crippen LogP contribution in [0.25, 0.3) is 10.9 Å². The van der Waals surface area contributed by atoms with E-state index in [2.05, 4.69) is 22.9 Å². The molecule has 0 amide bonds. The SMILES string of the molecule is CC1COCCN1c1cnc2ccc(O)cc2c1. The van der Waals surface area contributed by atoms with Crippen LogP contribution in [0.3, 0.4) is 0 Å². The Morgan fingerprint density at radius 2 is 2.28 bits per heavy atom. The van der Waals surface area contributed by atoms with Crippen LogP contribution in [-0.2, 0) is 4.74 Å². The van der Waals surface area contributed by atoms with Crippen molar-refractivity contribution in [3.8, 4) is 5.75 Å². The number of hydrogen-bond donors (Lipinski definition) is 1. The van der Waals surface area contributed by atoms with Crippen molar-refractivity contribution >= 4 is 16.6 Å². The number of anilines is 1. The van der Waals surface area contributed by atoms with Gasteiger partial charge in [-0.3, -0.25) is 4.98 Å². The van der Waals surface area contributed by atoms with Gasteiger partial charge in [-0.15, -0.1) is 0 Å². The summed E-state index contributed by atoms with van der Waals surface area (Å²) in [6, 6.07) is 7.67. The van der Waals surface area contributed by atoms with Crippen molar-refractivity contribution in [3.63, 3.8) is 0 Å². The highest BCUT2D eigenvalue weighted by molar-refractivity contribution is 5.83. The van der Waals surface area contributed by atoms with Crippen molar-refractivity contribution in [2.45, 2.75) is 13.0 Å². The van der Waals surface area contributed by atoms with Crippen LogP contribution in [-0.4, -0.2) is 35.9 Å². The van der Waals surface area contributed by atoms with E-state index < -0.39 is 0 Å². The third-order valence-electron chi connectivity index (χ3n) is 3.35. The summed E-state index contributed by atoms with van der Waals surface area (Å²) in [5, 5.41) is 10.5. The topological polar surface area (TPSA) is 45.6 Å². The molecule has 4 nitrogen and oxygen atoms in total. The first kappa shape index (κ1) is 11.3. The Morgan fingerprint density at radius 1 is 1.39 bits per heavy atom. The van der Waals surface area contributed by atoms with Crippen molar-refractivity contribution in [3.05, 3.63) is 30.5 Å². The van der Waals surface area contributed by atoms with E-state index in [1.54, 1.807) is 12.1 Å². The Hall–Kier alpha value is -1.81. The summed E-state index contributed by atoms with van der Waals surface area (Å²) in [7, 11) is 0. The number of aromatic nitrogens is 1. The first-order valence-corrected chi connectivity index (χ1v) is 6.17. The van der Waals surface area contributed by atoms with E-state index in [0.717, 1.165) is 36.3 Å². The number of rotatable bonds is 1. The smallest absolute Gasteiger partial charge is 0.116 e. The highest BCUT2D eigenvalue weighted by atomic mass is 16.5. The Bertz CT molecular complexity index is 571. The van der Waals surface area contributed by atoms with Crippen LogP contribution in [0.15, 0.2) is 30.5 Å². The molecule has 0 spiro atoms. The molecule has 0 saturated carbocycles. The number of fused-ring (bicyclic) bond motifs is 1. The van der Waals surface area contributed by atoms with Crippen molar-refractivity contribution in [2.75, 3.05) is 24.7 Å². The van der Waals surface area contributed by atoms with Gasteiger partial charge in [-0.1, -0.05) is 0 Å². The van der Waals surface area contributed by atoms with E-state index >= 15 is 0 Å². The van der Waals surface area contributed by atoms with Gasteiger partial charge in [-0.05, 0) is 31.2 Å². The normalized spacial score (nSPS) is 20.3. The van der Waals surface area contributed by atoms with Crippen LogP contribution in [0.5, 0.6) is 5.75 Å². The van der Waals surface area contributed by atoms with Gasteiger partial charge < -0.3 is 14.7 Å². The van der Waals surface area contributed by atoms with Crippen molar-refractivity contribution in [1.82, 2.24) is 4.98 Å². The van der Waals surface area contributed by atoms with Crippen LogP contribution >= 0.6 is 0 Å². The van der Waals surface area contributed by atoms with Gasteiger partial charge in [0.05, 0.1) is 30.6 Å². The maximum atomic E-state index is 9.52. The number of hydrogen-bond acceptors (Lipinski definition) is 4. The molecule has 0 bridgehead atoms. The number of aromatic hydroxyl groups is 1. The van der Waals surface area contributed by atoms with E-state index in [1.807, 2.05) is 12.3 Å². The standard InChI is InChI=1S/C14H16N2O2/c1-10-9-18-5-4-16(10)12-6-11-7-13(17)2-3-14(11)15-8-12/h2-3,6-8,10,17H,4-5,9H2,1H3. The number of ether oxygens (including phenoxy) is 1. The van der Waals surface area contributed by atoms with Crippen LogP contribution in [0, 0.1) is 0 Å². The Balaban J connectivity index is 2.01. The van der Waals surface area contributed by atoms with Gasteiger partial charge in [0.25, 0.3) is 0 Å². The molecule has 1 N–H and O–H groups in total. The lowest BCUT2D eigenvalue weighted by molar-refractivity contribution is 0.0989. The summed E-state index contributed by atoms with van der Waals surface area (Å²) in [4.78, 5) is 6.73. The minimum absolute atomic E-state index is 0.275. The molecule has 1 atom stereocenters. The van der Waals surface area contributed by atoms with Crippen molar-refractivity contribution in [1.29, 1.82) is 0 Å². The summed E-state index contributed by atoms with van der Waals surface area (Å²) in [5.74, 6) is 0.275. The second-order valence-electron chi connectivity index (χ2n) is 4.69. The van der Waals surface area contributed by atoms with Crippen LogP contribution in [0.2, 0.25) is 0 Å². The molecule has 2 heterocycles. The average Bonchev–Trinajstić information content (AvgIpc) is 2.38. The third kappa shape index (κ3) is 1.99. The molecular formula is C14H16N2O2. The van der Waals surface area contributed by atoms with Crippen molar-refractivity contribution in [2.24, 2.45) is 0 Å². The lowest BCUT2D eigenvalue weighted by Gasteiger charge is -2.35. The molecule has 0 radical (unpaired) electrons. The van der Waals surface area contributed by atoms with Gasteiger partial charge in [-0.25, -0.2) is 0 Å². The summed E-state index contributed by atoms with van der Waals surface area (Å²) in [6.07, 6.45) is 1.89. The molecule has 0 aliphatic carbocycles. The summed E-state index contributed by atoms with van der Waals surface area (Å²) >= 11 is 0. The molecule has 1 aliphatic heterocycles. The number of benzene rings is 1. The molecule has 4 heteroatoms. The van der Waals surface area contributed by atoms with Crippen LogP contribution < -0.4 is 4.90 Å². The van der Waals surface area contributed by atoms with E-state index in [4.69, 9.17) is 4.74 Å². The molecule has 18 heavy (non-hydrogen) atoms. The maximum absolute atomic E-state index is 9.52. The zero-order chi connectivity index (χ0) is 12.5. The number of pyridine rings is 1. The van der Waals surface area contributed by atoms with E-state index in [1.165, 1.54) is 0 Å². The number of phenols is 1. The molecule has 1 aromatic heterocycles. The zero-order valence-corrected chi connectivity index (χ0v) is 10.3. The summed E-state index contributed by atoms with van der Waals surface area (Å²) in [6.45, 7) is 4.53. The van der Waals surface area contributed by atoms with E-state index in [-0.39, 0.29) is 5.75 Å². The van der Waals surface area contributed by atoms with Gasteiger partial charge >= 0.3 is 0 Å². The molecule has 1 unspecified atom stereocenters. The lowest BCUT2D eigenvalue weighted by Crippen LogP contribution is -2.43. The lowest BCUT2D eigenvalue weighted by atomic mass is 10.1. The predicted octanol–water partition coefficient (Wildman–Crippen LogP) is 2.17. The monoisotopic (exact) mass is 244 g/mol. The molecule has 2 aromatic rings. The van der Waals surface area contributed by atoms with Crippen LogP contribution in [0.4, 0.5) is 5.69 Å². The highest BCUT2D eigenvalue weighted by Crippen LogP contribution is 2.25. The zero-order valence-electron chi connectivity index (χ0n) is 10.3. The summed E-state index contributed by atoms with van der Waals surface area (Å²) in [5.41, 5.74) is 1.99. The van der Waals surface area contributed by atoms with Gasteiger partial charge in [0.15, 0.2) is 0 Å². The number of morpholine rings is 1. The fourth-order valence-corrected chi connectivity index (χ4v) is 2.38. The molecule has 94 valence electrons. The number of phenolic OH excluding ortho intramolecular Hbond substituents is 1. The minimum Gasteiger partial charge on any atom is -0.508 e. The molecule has 3 rings (SSSR count). The average molecular weight is 244 g/mol. The van der Waals surface area contributed by atoms with Gasteiger partial charge in [0.2, 0.25) is 0 Å². The highest BCUT2D eigenvalue weighted by Gasteiger charge is 2.19. The van der Waals surface area contributed by atoms with E-state index in [0.29, 0.717) is 6.04 Å².